The molecule has 0 saturated carbocycles. The second kappa shape index (κ2) is 8.21. The molecule has 23 heavy (non-hydrogen) atoms. The number of nitrogens with zero attached hydrogens (tertiary/aromatic N) is 2. The molecule has 1 aromatic heterocycles. The number of rotatable bonds is 6. The van der Waals surface area contributed by atoms with Crippen molar-refractivity contribution in [3.05, 3.63) is 22.9 Å². The number of carbonyl (C=O) groups excluding carboxylic acids is 1. The van der Waals surface area contributed by atoms with E-state index in [4.69, 9.17) is 0 Å². The number of nitrogens with one attached hydrogen (secondary N) is 1. The maximum absolute atomic E-state index is 12.1. The van der Waals surface area contributed by atoms with Gasteiger partial charge in [-0.15, -0.1) is 0 Å². The van der Waals surface area contributed by atoms with Crippen LogP contribution >= 0.6 is 15.9 Å². The molecule has 0 atom stereocenters. The molecule has 0 unspecified atom stereocenters. The van der Waals surface area contributed by atoms with E-state index < -0.39 is 10.0 Å². The first-order chi connectivity index (χ1) is 10.9. The van der Waals surface area contributed by atoms with Gasteiger partial charge in [0.05, 0.1) is 17.6 Å². The average Bonchev–Trinajstić information content (AvgIpc) is 2.50. The molecule has 1 amide bonds. The quantitative estimate of drug-likeness (QED) is 0.740. The summed E-state index contributed by atoms with van der Waals surface area (Å²) in [5, 5.41) is 2.82. The molecule has 1 N–H and O–H groups in total. The number of anilines is 1. The fourth-order valence-electron chi connectivity index (χ4n) is 2.70. The molecule has 2 heterocycles. The van der Waals surface area contributed by atoms with Crippen LogP contribution in [0.25, 0.3) is 0 Å². The summed E-state index contributed by atoms with van der Waals surface area (Å²) >= 11 is 3.25. The predicted molar refractivity (Wildman–Crippen MR) is 93.6 cm³/mol. The SMILES string of the molecule is CCCS(=O)(=O)N1CCC(CC(=O)Nc2ccc(Br)nc2)CC1. The Kier molecular flexibility index (Phi) is 6.55. The summed E-state index contributed by atoms with van der Waals surface area (Å²) in [6.07, 6.45) is 4.11. The highest BCUT2D eigenvalue weighted by Crippen LogP contribution is 2.23. The Morgan fingerprint density at radius 2 is 2.09 bits per heavy atom. The fourth-order valence-corrected chi connectivity index (χ4v) is 4.48. The minimum Gasteiger partial charge on any atom is -0.325 e. The summed E-state index contributed by atoms with van der Waals surface area (Å²) in [6.45, 7) is 2.89. The van der Waals surface area contributed by atoms with Crippen LogP contribution in [0, 0.1) is 5.92 Å². The monoisotopic (exact) mass is 403 g/mol. The summed E-state index contributed by atoms with van der Waals surface area (Å²) in [6, 6.07) is 3.56. The van der Waals surface area contributed by atoms with Gasteiger partial charge in [0, 0.05) is 19.5 Å². The lowest BCUT2D eigenvalue weighted by Gasteiger charge is -2.30. The molecule has 0 aromatic carbocycles. The lowest BCUT2D eigenvalue weighted by atomic mass is 9.94. The van der Waals surface area contributed by atoms with Gasteiger partial charge in [-0.25, -0.2) is 17.7 Å². The molecule has 1 aromatic rings. The van der Waals surface area contributed by atoms with E-state index in [2.05, 4.69) is 26.2 Å². The Morgan fingerprint density at radius 3 is 2.65 bits per heavy atom. The molecule has 0 bridgehead atoms. The van der Waals surface area contributed by atoms with Crippen LogP contribution in [0.4, 0.5) is 5.69 Å². The third kappa shape index (κ3) is 5.54. The number of carbonyl (C=O) groups is 1. The molecular weight excluding hydrogens is 382 g/mol. The smallest absolute Gasteiger partial charge is 0.224 e. The summed E-state index contributed by atoms with van der Waals surface area (Å²) in [5.41, 5.74) is 0.668. The van der Waals surface area contributed by atoms with Crippen LogP contribution in [0.1, 0.15) is 32.6 Å². The average molecular weight is 404 g/mol. The number of hydrogen-bond donors (Lipinski definition) is 1. The van der Waals surface area contributed by atoms with Crippen molar-refractivity contribution in [2.75, 3.05) is 24.2 Å². The van der Waals surface area contributed by atoms with E-state index in [0.29, 0.717) is 31.6 Å². The second-order valence-electron chi connectivity index (χ2n) is 5.78. The molecule has 1 aliphatic heterocycles. The van der Waals surface area contributed by atoms with Crippen molar-refractivity contribution in [2.45, 2.75) is 32.6 Å². The van der Waals surface area contributed by atoms with Gasteiger partial charge in [-0.05, 0) is 53.2 Å². The highest BCUT2D eigenvalue weighted by Gasteiger charge is 2.28. The summed E-state index contributed by atoms with van der Waals surface area (Å²) in [4.78, 5) is 16.1. The number of piperidine rings is 1. The van der Waals surface area contributed by atoms with Crippen molar-refractivity contribution in [3.8, 4) is 0 Å². The van der Waals surface area contributed by atoms with Gasteiger partial charge in [-0.3, -0.25) is 4.79 Å². The molecule has 0 radical (unpaired) electrons. The second-order valence-corrected chi connectivity index (χ2v) is 8.68. The van der Waals surface area contributed by atoms with E-state index >= 15 is 0 Å². The summed E-state index contributed by atoms with van der Waals surface area (Å²) < 4.78 is 26.3. The van der Waals surface area contributed by atoms with Gasteiger partial charge < -0.3 is 5.32 Å². The number of pyridine rings is 1. The standard InChI is InChI=1S/C15H22BrN3O3S/c1-2-9-23(21,22)19-7-5-12(6-8-19)10-15(20)18-13-3-4-14(16)17-11-13/h3-4,11-12H,2,5-10H2,1H3,(H,18,20). The lowest BCUT2D eigenvalue weighted by molar-refractivity contribution is -0.117. The number of sulfonamides is 1. The number of halogens is 1. The Morgan fingerprint density at radius 1 is 1.39 bits per heavy atom. The van der Waals surface area contributed by atoms with Gasteiger partial charge in [-0.1, -0.05) is 6.92 Å². The van der Waals surface area contributed by atoms with E-state index in [1.54, 1.807) is 22.6 Å². The predicted octanol–water partition coefficient (Wildman–Crippen LogP) is 2.62. The van der Waals surface area contributed by atoms with E-state index in [9.17, 15) is 13.2 Å². The minimum absolute atomic E-state index is 0.0519. The highest BCUT2D eigenvalue weighted by molar-refractivity contribution is 9.10. The van der Waals surface area contributed by atoms with Crippen molar-refractivity contribution < 1.29 is 13.2 Å². The Labute approximate surface area is 145 Å². The number of amides is 1. The highest BCUT2D eigenvalue weighted by atomic mass is 79.9. The third-order valence-electron chi connectivity index (χ3n) is 3.91. The lowest BCUT2D eigenvalue weighted by Crippen LogP contribution is -2.40. The van der Waals surface area contributed by atoms with Crippen LogP contribution < -0.4 is 5.32 Å². The molecule has 1 fully saturated rings. The normalized spacial score (nSPS) is 17.1. The largest absolute Gasteiger partial charge is 0.325 e. The Balaban J connectivity index is 1.80. The minimum atomic E-state index is -3.12. The topological polar surface area (TPSA) is 79.4 Å². The van der Waals surface area contributed by atoms with Crippen LogP contribution in [-0.4, -0.2) is 42.5 Å². The van der Waals surface area contributed by atoms with Crippen LogP contribution in [0.5, 0.6) is 0 Å². The molecule has 0 aliphatic carbocycles. The van der Waals surface area contributed by atoms with Crippen molar-refractivity contribution in [3.63, 3.8) is 0 Å². The molecular formula is C15H22BrN3O3S. The van der Waals surface area contributed by atoms with Crippen molar-refractivity contribution in [1.82, 2.24) is 9.29 Å². The summed E-state index contributed by atoms with van der Waals surface area (Å²) in [7, 11) is -3.12. The van der Waals surface area contributed by atoms with Gasteiger partial charge in [0.2, 0.25) is 15.9 Å². The maximum atomic E-state index is 12.1. The van der Waals surface area contributed by atoms with Gasteiger partial charge in [0.25, 0.3) is 0 Å². The van der Waals surface area contributed by atoms with Crippen LogP contribution in [-0.2, 0) is 14.8 Å². The van der Waals surface area contributed by atoms with Crippen LogP contribution in [0.3, 0.4) is 0 Å². The molecule has 1 saturated heterocycles. The van der Waals surface area contributed by atoms with E-state index in [1.807, 2.05) is 6.92 Å². The summed E-state index contributed by atoms with van der Waals surface area (Å²) in [5.74, 6) is 0.379. The molecule has 2 rings (SSSR count). The van der Waals surface area contributed by atoms with Crippen molar-refractivity contribution in [2.24, 2.45) is 5.92 Å². The third-order valence-corrected chi connectivity index (χ3v) is 6.46. The van der Waals surface area contributed by atoms with Crippen molar-refractivity contribution in [1.29, 1.82) is 0 Å². The fraction of sp³-hybridized carbons (Fsp3) is 0.600. The molecule has 1 aliphatic rings. The maximum Gasteiger partial charge on any atom is 0.224 e. The Hall–Kier alpha value is -0.990. The molecule has 128 valence electrons. The van der Waals surface area contributed by atoms with Crippen LogP contribution in [0.2, 0.25) is 0 Å². The number of hydrogen-bond acceptors (Lipinski definition) is 4. The first-order valence-electron chi connectivity index (χ1n) is 7.80. The van der Waals surface area contributed by atoms with Gasteiger partial charge >= 0.3 is 0 Å². The van der Waals surface area contributed by atoms with Gasteiger partial charge in [0.1, 0.15) is 4.60 Å². The zero-order chi connectivity index (χ0) is 16.9. The van der Waals surface area contributed by atoms with Crippen molar-refractivity contribution >= 4 is 37.5 Å². The molecule has 6 nitrogen and oxygen atoms in total. The molecule has 8 heteroatoms. The van der Waals surface area contributed by atoms with E-state index in [-0.39, 0.29) is 17.6 Å². The van der Waals surface area contributed by atoms with Gasteiger partial charge in [0.15, 0.2) is 0 Å². The zero-order valence-corrected chi connectivity index (χ0v) is 15.6. The first kappa shape index (κ1) is 18.4. The Bertz CT molecular complexity index is 626. The van der Waals surface area contributed by atoms with E-state index in [1.165, 1.54) is 0 Å². The zero-order valence-electron chi connectivity index (χ0n) is 13.2. The first-order valence-corrected chi connectivity index (χ1v) is 10.2. The molecule has 0 spiro atoms. The van der Waals surface area contributed by atoms with Gasteiger partial charge in [-0.2, -0.15) is 0 Å². The van der Waals surface area contributed by atoms with E-state index in [0.717, 1.165) is 17.4 Å². The van der Waals surface area contributed by atoms with Crippen LogP contribution in [0.15, 0.2) is 22.9 Å². The number of aromatic nitrogens is 1.